The highest BCUT2D eigenvalue weighted by atomic mass is 35.5. The minimum absolute atomic E-state index is 0.235. The molecule has 1 aliphatic rings. The van der Waals surface area contributed by atoms with Crippen LogP contribution < -0.4 is 0 Å². The fourth-order valence-corrected chi connectivity index (χ4v) is 2.97. The molecule has 2 heterocycles. The maximum Gasteiger partial charge on any atom is 0.363 e. The minimum atomic E-state index is -0.469. The van der Waals surface area contributed by atoms with Gasteiger partial charge in [0.05, 0.1) is 10.0 Å². The molecule has 2 aromatic rings. The van der Waals surface area contributed by atoms with Gasteiger partial charge in [0.1, 0.15) is 0 Å². The summed E-state index contributed by atoms with van der Waals surface area (Å²) >= 11 is 13.4. The molecular weight excluding hydrogens is 329 g/mol. The Morgan fingerprint density at radius 1 is 1.24 bits per heavy atom. The number of aliphatic imine (C=N–C) groups is 1. The van der Waals surface area contributed by atoms with Crippen LogP contribution in [0, 0.1) is 6.92 Å². The molecule has 0 aliphatic carbocycles. The summed E-state index contributed by atoms with van der Waals surface area (Å²) in [6.45, 7) is 1.98. The zero-order valence-electron chi connectivity index (χ0n) is 10.9. The fourth-order valence-electron chi connectivity index (χ4n) is 1.82. The second kappa shape index (κ2) is 5.64. The molecule has 21 heavy (non-hydrogen) atoms. The van der Waals surface area contributed by atoms with Crippen LogP contribution in [0.2, 0.25) is 10.0 Å². The lowest BCUT2D eigenvalue weighted by Crippen LogP contribution is -2.05. The van der Waals surface area contributed by atoms with Crippen molar-refractivity contribution in [2.75, 3.05) is 0 Å². The number of esters is 1. The van der Waals surface area contributed by atoms with E-state index in [1.165, 1.54) is 0 Å². The number of halogens is 2. The maximum absolute atomic E-state index is 11.9. The van der Waals surface area contributed by atoms with Crippen molar-refractivity contribution >= 4 is 52.5 Å². The third-order valence-electron chi connectivity index (χ3n) is 2.96. The highest BCUT2D eigenvalue weighted by Crippen LogP contribution is 2.27. The Bertz CT molecular complexity index is 793. The van der Waals surface area contributed by atoms with Crippen molar-refractivity contribution in [3.05, 3.63) is 61.4 Å². The van der Waals surface area contributed by atoms with Crippen molar-refractivity contribution in [3.63, 3.8) is 0 Å². The van der Waals surface area contributed by atoms with Gasteiger partial charge in [0, 0.05) is 10.4 Å². The van der Waals surface area contributed by atoms with Gasteiger partial charge in [-0.05, 0) is 48.2 Å². The molecular formula is C15H9Cl2NO2S. The largest absolute Gasteiger partial charge is 0.402 e. The fraction of sp³-hybridized carbons (Fsp3) is 0.0667. The van der Waals surface area contributed by atoms with Crippen LogP contribution in [-0.4, -0.2) is 11.9 Å². The summed E-state index contributed by atoms with van der Waals surface area (Å²) in [5.41, 5.74) is 1.99. The summed E-state index contributed by atoms with van der Waals surface area (Å²) in [4.78, 5) is 17.1. The normalized spacial score (nSPS) is 16.2. The van der Waals surface area contributed by atoms with Gasteiger partial charge in [0.15, 0.2) is 5.70 Å². The molecule has 6 heteroatoms. The van der Waals surface area contributed by atoms with E-state index in [0.29, 0.717) is 15.6 Å². The highest BCUT2D eigenvalue weighted by molar-refractivity contribution is 7.11. The summed E-state index contributed by atoms with van der Waals surface area (Å²) in [5.74, 6) is -0.233. The van der Waals surface area contributed by atoms with Crippen LogP contribution in [-0.2, 0) is 9.53 Å². The van der Waals surface area contributed by atoms with Crippen molar-refractivity contribution < 1.29 is 9.53 Å². The first-order valence-corrected chi connectivity index (χ1v) is 7.70. The van der Waals surface area contributed by atoms with Crippen LogP contribution in [0.25, 0.3) is 6.08 Å². The zero-order valence-corrected chi connectivity index (χ0v) is 13.2. The molecule has 0 unspecified atom stereocenters. The van der Waals surface area contributed by atoms with Gasteiger partial charge in [-0.15, -0.1) is 11.3 Å². The monoisotopic (exact) mass is 337 g/mol. The molecule has 106 valence electrons. The summed E-state index contributed by atoms with van der Waals surface area (Å²) in [7, 11) is 0. The molecule has 0 atom stereocenters. The second-order valence-electron chi connectivity index (χ2n) is 4.43. The molecule has 0 amide bonds. The molecule has 0 fully saturated rings. The molecule has 0 radical (unpaired) electrons. The van der Waals surface area contributed by atoms with Gasteiger partial charge >= 0.3 is 5.97 Å². The van der Waals surface area contributed by atoms with Crippen molar-refractivity contribution in [3.8, 4) is 0 Å². The van der Waals surface area contributed by atoms with Gasteiger partial charge in [-0.3, -0.25) is 0 Å². The molecule has 1 aromatic carbocycles. The van der Waals surface area contributed by atoms with Crippen molar-refractivity contribution in [1.82, 2.24) is 0 Å². The van der Waals surface area contributed by atoms with Gasteiger partial charge in [-0.2, -0.15) is 0 Å². The molecule has 3 rings (SSSR count). The SMILES string of the molecule is Cc1ccsc1C=C1N=C(c2ccc(Cl)c(Cl)c2)OC1=O. The number of rotatable bonds is 2. The van der Waals surface area contributed by atoms with Crippen LogP contribution >= 0.6 is 34.5 Å². The van der Waals surface area contributed by atoms with Crippen LogP contribution in [0.1, 0.15) is 16.0 Å². The predicted octanol–water partition coefficient (Wildman–Crippen LogP) is 4.71. The third-order valence-corrected chi connectivity index (χ3v) is 4.66. The summed E-state index contributed by atoms with van der Waals surface area (Å²) in [6, 6.07) is 6.95. The number of carbonyl (C=O) groups excluding carboxylic acids is 1. The standard InChI is InChI=1S/C15H9Cl2NO2S/c1-8-4-5-21-13(8)7-12-15(19)20-14(18-12)9-2-3-10(16)11(17)6-9/h2-7H,1H3. The number of aryl methyl sites for hydroxylation is 1. The van der Waals surface area contributed by atoms with Crippen LogP contribution in [0.3, 0.4) is 0 Å². The lowest BCUT2D eigenvalue weighted by molar-refractivity contribution is -0.129. The lowest BCUT2D eigenvalue weighted by Gasteiger charge is -2.01. The van der Waals surface area contributed by atoms with Crippen molar-refractivity contribution in [1.29, 1.82) is 0 Å². The number of carbonyl (C=O) groups is 1. The van der Waals surface area contributed by atoms with Gasteiger partial charge < -0.3 is 4.74 Å². The molecule has 0 bridgehead atoms. The van der Waals surface area contributed by atoms with Gasteiger partial charge in [0.25, 0.3) is 0 Å². The number of nitrogens with zero attached hydrogens (tertiary/aromatic N) is 1. The summed E-state index contributed by atoms with van der Waals surface area (Å²) in [5, 5.41) is 2.79. The highest BCUT2D eigenvalue weighted by Gasteiger charge is 2.24. The zero-order chi connectivity index (χ0) is 15.0. The Balaban J connectivity index is 1.97. The van der Waals surface area contributed by atoms with Gasteiger partial charge in [0.2, 0.25) is 5.90 Å². The first kappa shape index (κ1) is 14.3. The Morgan fingerprint density at radius 3 is 2.71 bits per heavy atom. The van der Waals surface area contributed by atoms with E-state index in [1.807, 2.05) is 18.4 Å². The predicted molar refractivity (Wildman–Crippen MR) is 86.1 cm³/mol. The average molecular weight is 338 g/mol. The van der Waals surface area contributed by atoms with E-state index in [4.69, 9.17) is 27.9 Å². The number of hydrogen-bond acceptors (Lipinski definition) is 4. The molecule has 0 saturated heterocycles. The maximum atomic E-state index is 11.9. The van der Waals surface area contributed by atoms with E-state index in [-0.39, 0.29) is 11.6 Å². The van der Waals surface area contributed by atoms with E-state index in [1.54, 1.807) is 35.6 Å². The Morgan fingerprint density at radius 2 is 2.05 bits per heavy atom. The molecule has 0 spiro atoms. The Hall–Kier alpha value is -1.62. The Labute approximate surface area is 135 Å². The molecule has 1 aliphatic heterocycles. The number of ether oxygens (including phenoxy) is 1. The van der Waals surface area contributed by atoms with Crippen molar-refractivity contribution in [2.45, 2.75) is 6.92 Å². The van der Waals surface area contributed by atoms with Gasteiger partial charge in [-0.25, -0.2) is 9.79 Å². The van der Waals surface area contributed by atoms with Crippen LogP contribution in [0.4, 0.5) is 0 Å². The molecule has 3 nitrogen and oxygen atoms in total. The van der Waals surface area contributed by atoms with Crippen LogP contribution in [0.5, 0.6) is 0 Å². The molecule has 1 aromatic heterocycles. The van der Waals surface area contributed by atoms with E-state index in [2.05, 4.69) is 4.99 Å². The van der Waals surface area contributed by atoms with E-state index < -0.39 is 5.97 Å². The number of hydrogen-bond donors (Lipinski definition) is 0. The first-order valence-electron chi connectivity index (χ1n) is 6.06. The van der Waals surface area contributed by atoms with Gasteiger partial charge in [-0.1, -0.05) is 23.2 Å². The average Bonchev–Trinajstić information content (AvgIpc) is 3.01. The number of benzene rings is 1. The molecule has 0 saturated carbocycles. The van der Waals surface area contributed by atoms with E-state index >= 15 is 0 Å². The van der Waals surface area contributed by atoms with Crippen molar-refractivity contribution in [2.24, 2.45) is 4.99 Å². The first-order chi connectivity index (χ1) is 10.0. The summed E-state index contributed by atoms with van der Waals surface area (Å²) < 4.78 is 5.19. The number of cyclic esters (lactones) is 1. The van der Waals surface area contributed by atoms with E-state index in [0.717, 1.165) is 10.4 Å². The molecule has 0 N–H and O–H groups in total. The van der Waals surface area contributed by atoms with E-state index in [9.17, 15) is 4.79 Å². The number of thiophene rings is 1. The quantitative estimate of drug-likeness (QED) is 0.588. The smallest absolute Gasteiger partial charge is 0.363 e. The minimum Gasteiger partial charge on any atom is -0.402 e. The second-order valence-corrected chi connectivity index (χ2v) is 6.19. The topological polar surface area (TPSA) is 38.7 Å². The lowest BCUT2D eigenvalue weighted by atomic mass is 10.2. The Kier molecular flexibility index (Phi) is 3.85. The summed E-state index contributed by atoms with van der Waals surface area (Å²) in [6.07, 6.45) is 1.73. The third kappa shape index (κ3) is 2.88. The van der Waals surface area contributed by atoms with Crippen LogP contribution in [0.15, 0.2) is 40.3 Å².